The zero-order chi connectivity index (χ0) is 18.7. The molecular weight excluding hydrogens is 316 g/mol. The molecule has 1 saturated heterocycles. The lowest BCUT2D eigenvalue weighted by Crippen LogP contribution is -2.35. The number of aromatic nitrogens is 2. The van der Waals surface area contributed by atoms with E-state index in [9.17, 15) is 4.79 Å². The van der Waals surface area contributed by atoms with Crippen LogP contribution in [0.15, 0.2) is 0 Å². The van der Waals surface area contributed by atoms with E-state index < -0.39 is 0 Å². The molecule has 0 saturated carbocycles. The third-order valence-electron chi connectivity index (χ3n) is 4.98. The summed E-state index contributed by atoms with van der Waals surface area (Å²) < 4.78 is 0. The molecule has 1 atom stereocenters. The second-order valence-electron chi connectivity index (χ2n) is 7.46. The van der Waals surface area contributed by atoms with Crippen LogP contribution in [0.4, 0.5) is 5.82 Å². The largest absolute Gasteiger partial charge is 0.355 e. The number of carbonyl (C=O) groups excluding carboxylic acids is 1. The van der Waals surface area contributed by atoms with Gasteiger partial charge in [-0.2, -0.15) is 0 Å². The molecule has 7 nitrogen and oxygen atoms in total. The highest BCUT2D eigenvalue weighted by molar-refractivity contribution is 5.90. The van der Waals surface area contributed by atoms with E-state index in [0.29, 0.717) is 18.4 Å². The molecule has 1 aliphatic rings. The van der Waals surface area contributed by atoms with Crippen LogP contribution in [0.2, 0.25) is 0 Å². The number of amides is 1. The lowest BCUT2D eigenvalue weighted by molar-refractivity contribution is 0.0774. The predicted molar refractivity (Wildman–Crippen MR) is 101 cm³/mol. The molecule has 1 amide bonds. The van der Waals surface area contributed by atoms with Crippen LogP contribution in [0.5, 0.6) is 0 Å². The molecule has 1 aromatic rings. The van der Waals surface area contributed by atoms with E-state index in [0.717, 1.165) is 43.1 Å². The third kappa shape index (κ3) is 4.67. The molecule has 0 radical (unpaired) electrons. The van der Waals surface area contributed by atoms with Crippen molar-refractivity contribution in [1.82, 2.24) is 24.7 Å². The van der Waals surface area contributed by atoms with E-state index in [1.165, 1.54) is 0 Å². The Morgan fingerprint density at radius 2 is 1.80 bits per heavy atom. The normalized spacial score (nSPS) is 17.6. The lowest BCUT2D eigenvalue weighted by Gasteiger charge is -2.24. The molecule has 0 bridgehead atoms. The van der Waals surface area contributed by atoms with E-state index in [1.807, 2.05) is 35.0 Å². The van der Waals surface area contributed by atoms with Gasteiger partial charge in [0, 0.05) is 50.5 Å². The zero-order valence-electron chi connectivity index (χ0n) is 16.7. The fourth-order valence-electron chi connectivity index (χ4n) is 3.00. The molecule has 140 valence electrons. The van der Waals surface area contributed by atoms with Crippen LogP contribution in [-0.2, 0) is 0 Å². The Morgan fingerprint density at radius 1 is 1.12 bits per heavy atom. The Labute approximate surface area is 151 Å². The second kappa shape index (κ2) is 8.10. The summed E-state index contributed by atoms with van der Waals surface area (Å²) in [5.41, 5.74) is 1.94. The van der Waals surface area contributed by atoms with Gasteiger partial charge in [-0.15, -0.1) is 0 Å². The van der Waals surface area contributed by atoms with Gasteiger partial charge in [-0.25, -0.2) is 9.97 Å². The Morgan fingerprint density at radius 3 is 2.36 bits per heavy atom. The summed E-state index contributed by atoms with van der Waals surface area (Å²) in [5.74, 6) is 1.09. The summed E-state index contributed by atoms with van der Waals surface area (Å²) >= 11 is 0. The number of nitrogens with zero attached hydrogens (tertiary/aromatic N) is 6. The maximum Gasteiger partial charge on any atom is 0.291 e. The average molecular weight is 348 g/mol. The van der Waals surface area contributed by atoms with Crippen LogP contribution >= 0.6 is 0 Å². The molecule has 2 rings (SSSR count). The fraction of sp³-hybridized carbons (Fsp3) is 0.722. The molecular formula is C18H32N6O. The molecule has 25 heavy (non-hydrogen) atoms. The van der Waals surface area contributed by atoms with Crippen molar-refractivity contribution in [3.63, 3.8) is 0 Å². The molecule has 7 heteroatoms. The summed E-state index contributed by atoms with van der Waals surface area (Å²) in [5, 5.41) is 0. The van der Waals surface area contributed by atoms with Crippen LogP contribution in [0.25, 0.3) is 0 Å². The van der Waals surface area contributed by atoms with Crippen molar-refractivity contribution in [1.29, 1.82) is 0 Å². The number of carbonyl (C=O) groups is 1. The van der Waals surface area contributed by atoms with Gasteiger partial charge >= 0.3 is 0 Å². The summed E-state index contributed by atoms with van der Waals surface area (Å²) in [4.78, 5) is 30.1. The first-order valence-electron chi connectivity index (χ1n) is 8.87. The highest BCUT2D eigenvalue weighted by Gasteiger charge is 2.28. The Bertz CT molecular complexity index is 616. The number of hydrogen-bond donors (Lipinski definition) is 0. The molecule has 0 spiro atoms. The van der Waals surface area contributed by atoms with Gasteiger partial charge in [0.2, 0.25) is 5.82 Å². The van der Waals surface area contributed by atoms with Gasteiger partial charge in [-0.3, -0.25) is 4.79 Å². The maximum atomic E-state index is 12.7. The highest BCUT2D eigenvalue weighted by Crippen LogP contribution is 2.25. The van der Waals surface area contributed by atoms with Crippen molar-refractivity contribution in [3.8, 4) is 0 Å². The summed E-state index contributed by atoms with van der Waals surface area (Å²) in [7, 11) is 10.0. The topological polar surface area (TPSA) is 55.8 Å². The van der Waals surface area contributed by atoms with Gasteiger partial charge in [0.25, 0.3) is 5.91 Å². The molecule has 1 aliphatic heterocycles. The average Bonchev–Trinajstić information content (AvgIpc) is 3.04. The van der Waals surface area contributed by atoms with Crippen LogP contribution in [0, 0.1) is 13.8 Å². The number of rotatable bonds is 6. The highest BCUT2D eigenvalue weighted by atomic mass is 16.2. The van der Waals surface area contributed by atoms with Crippen molar-refractivity contribution in [3.05, 3.63) is 17.1 Å². The van der Waals surface area contributed by atoms with E-state index in [-0.39, 0.29) is 5.91 Å². The first kappa shape index (κ1) is 19.6. The van der Waals surface area contributed by atoms with E-state index >= 15 is 0 Å². The summed E-state index contributed by atoms with van der Waals surface area (Å²) in [6.07, 6.45) is 1.11. The SMILES string of the molecule is Cc1nc(C(=O)N(C)CCN(C)C)nc(N2CC[C@@H](N(C)C)C2)c1C. The predicted octanol–water partition coefficient (Wildman–Crippen LogP) is 0.867. The standard InChI is InChI=1S/C18H32N6O/c1-13-14(2)19-16(18(25)23(7)11-10-21(3)4)20-17(13)24-9-8-15(12-24)22(5)6/h15H,8-12H2,1-7H3/t15-/m1/s1. The number of hydrogen-bond acceptors (Lipinski definition) is 6. The van der Waals surface area contributed by atoms with Crippen molar-refractivity contribution < 1.29 is 4.79 Å². The number of anilines is 1. The third-order valence-corrected chi connectivity index (χ3v) is 4.98. The monoisotopic (exact) mass is 348 g/mol. The lowest BCUT2D eigenvalue weighted by atomic mass is 10.2. The van der Waals surface area contributed by atoms with Gasteiger partial charge in [-0.05, 0) is 48.5 Å². The van der Waals surface area contributed by atoms with Crippen molar-refractivity contribution >= 4 is 11.7 Å². The first-order valence-corrected chi connectivity index (χ1v) is 8.87. The van der Waals surface area contributed by atoms with Gasteiger partial charge in [0.05, 0.1) is 0 Å². The minimum absolute atomic E-state index is 0.116. The van der Waals surface area contributed by atoms with E-state index in [2.05, 4.69) is 38.8 Å². The summed E-state index contributed by atoms with van der Waals surface area (Å²) in [6.45, 7) is 7.37. The van der Waals surface area contributed by atoms with Gasteiger partial charge in [-0.1, -0.05) is 0 Å². The Hall–Kier alpha value is -1.73. The molecule has 0 N–H and O–H groups in total. The van der Waals surface area contributed by atoms with E-state index in [4.69, 9.17) is 0 Å². The molecule has 2 heterocycles. The fourth-order valence-corrected chi connectivity index (χ4v) is 3.00. The smallest absolute Gasteiger partial charge is 0.291 e. The molecule has 0 aliphatic carbocycles. The van der Waals surface area contributed by atoms with Gasteiger partial charge in [0.15, 0.2) is 0 Å². The van der Waals surface area contributed by atoms with Gasteiger partial charge in [0.1, 0.15) is 5.82 Å². The van der Waals surface area contributed by atoms with Crippen LogP contribution in [0.3, 0.4) is 0 Å². The minimum Gasteiger partial charge on any atom is -0.355 e. The number of aryl methyl sites for hydroxylation is 1. The van der Waals surface area contributed by atoms with Crippen LogP contribution in [0.1, 0.15) is 28.3 Å². The van der Waals surface area contributed by atoms with Crippen LogP contribution in [-0.4, -0.2) is 98.0 Å². The summed E-state index contributed by atoms with van der Waals surface area (Å²) in [6, 6.07) is 0.525. The Balaban J connectivity index is 2.21. The molecule has 0 unspecified atom stereocenters. The van der Waals surface area contributed by atoms with E-state index in [1.54, 1.807) is 4.90 Å². The number of likely N-dealkylation sites (N-methyl/N-ethyl adjacent to an activating group) is 3. The quantitative estimate of drug-likeness (QED) is 0.760. The Kier molecular flexibility index (Phi) is 6.35. The molecule has 1 fully saturated rings. The first-order chi connectivity index (χ1) is 11.7. The maximum absolute atomic E-state index is 12.7. The second-order valence-corrected chi connectivity index (χ2v) is 7.46. The van der Waals surface area contributed by atoms with Crippen molar-refractivity contribution in [2.24, 2.45) is 0 Å². The minimum atomic E-state index is -0.116. The zero-order valence-corrected chi connectivity index (χ0v) is 16.7. The van der Waals surface area contributed by atoms with Gasteiger partial charge < -0.3 is 19.6 Å². The molecule has 0 aromatic carbocycles. The van der Waals surface area contributed by atoms with Crippen LogP contribution < -0.4 is 4.90 Å². The van der Waals surface area contributed by atoms with Crippen molar-refractivity contribution in [2.75, 3.05) is 66.3 Å². The molecule has 1 aromatic heterocycles. The van der Waals surface area contributed by atoms with Crippen molar-refractivity contribution in [2.45, 2.75) is 26.3 Å².